The maximum atomic E-state index is 12.6. The molecule has 0 amide bonds. The molecule has 0 unspecified atom stereocenters. The molecule has 2 atom stereocenters. The number of hydrogen-bond acceptors (Lipinski definition) is 3. The van der Waals surface area contributed by atoms with Crippen molar-refractivity contribution in [1.29, 1.82) is 0 Å². The normalized spacial score (nSPS) is 26.0. The van der Waals surface area contributed by atoms with Crippen LogP contribution in [0.4, 0.5) is 19.0 Å². The van der Waals surface area contributed by atoms with Gasteiger partial charge in [-0.3, -0.25) is 10.2 Å². The van der Waals surface area contributed by atoms with Gasteiger partial charge in [0.2, 0.25) is 0 Å². The van der Waals surface area contributed by atoms with E-state index in [0.29, 0.717) is 18.4 Å². The van der Waals surface area contributed by atoms with Gasteiger partial charge < -0.3 is 0 Å². The summed E-state index contributed by atoms with van der Waals surface area (Å²) in [4.78, 5) is 8.41. The number of nitrogens with one attached hydrogen (secondary N) is 2. The van der Waals surface area contributed by atoms with Crippen LogP contribution in [0.5, 0.6) is 0 Å². The van der Waals surface area contributed by atoms with Crippen molar-refractivity contribution in [3.63, 3.8) is 0 Å². The van der Waals surface area contributed by atoms with Crippen molar-refractivity contribution in [3.8, 4) is 0 Å². The van der Waals surface area contributed by atoms with Gasteiger partial charge in [-0.05, 0) is 25.3 Å². The first-order valence-corrected chi connectivity index (χ1v) is 7.77. The SMILES string of the molecule is FC(F)(F)c1c[nH+]c(NC[C@@H]2C[C@@H]3CCCCN3O2)c(Cl)c1. The number of H-pyrrole nitrogens is 1. The predicted molar refractivity (Wildman–Crippen MR) is 75.3 cm³/mol. The minimum absolute atomic E-state index is 0.0190. The topological polar surface area (TPSA) is 38.6 Å². The number of aromatic nitrogens is 1. The molecular formula is C14H18ClF3N3O+. The molecule has 0 spiro atoms. The van der Waals surface area contributed by atoms with Crippen molar-refractivity contribution in [2.45, 2.75) is 44.0 Å². The van der Waals surface area contributed by atoms with Crippen LogP contribution in [0.1, 0.15) is 31.2 Å². The van der Waals surface area contributed by atoms with Crippen LogP contribution < -0.4 is 10.3 Å². The predicted octanol–water partition coefficient (Wildman–Crippen LogP) is 3.14. The number of pyridine rings is 1. The molecule has 2 N–H and O–H groups in total. The summed E-state index contributed by atoms with van der Waals surface area (Å²) < 4.78 is 37.7. The molecule has 4 nitrogen and oxygen atoms in total. The lowest BCUT2D eigenvalue weighted by atomic mass is 10.0. The van der Waals surface area contributed by atoms with E-state index in [9.17, 15) is 13.2 Å². The van der Waals surface area contributed by atoms with Crippen LogP contribution in [0.2, 0.25) is 5.02 Å². The zero-order valence-corrected chi connectivity index (χ0v) is 12.7. The van der Waals surface area contributed by atoms with Crippen molar-refractivity contribution >= 4 is 17.4 Å². The highest BCUT2D eigenvalue weighted by molar-refractivity contribution is 6.32. The molecule has 2 aliphatic rings. The van der Waals surface area contributed by atoms with E-state index >= 15 is 0 Å². The number of nitrogens with zero attached hydrogens (tertiary/aromatic N) is 1. The standard InChI is InChI=1S/C14H17ClF3N3O/c15-12-5-9(14(16,17)18)7-19-13(12)20-8-11-6-10-3-1-2-4-21(10)22-11/h5,7,10-11H,1-4,6,8H2,(H,19,20)/p+1/t10-,11-/m0/s1. The number of rotatable bonds is 3. The molecule has 1 aromatic rings. The Balaban J connectivity index is 1.58. The molecule has 22 heavy (non-hydrogen) atoms. The average molecular weight is 337 g/mol. The fourth-order valence-corrected chi connectivity index (χ4v) is 3.23. The van der Waals surface area contributed by atoms with E-state index in [1.165, 1.54) is 6.42 Å². The van der Waals surface area contributed by atoms with Gasteiger partial charge in [0, 0.05) is 12.6 Å². The van der Waals surface area contributed by atoms with E-state index in [0.717, 1.165) is 38.1 Å². The number of anilines is 1. The van der Waals surface area contributed by atoms with Gasteiger partial charge in [0.25, 0.3) is 5.82 Å². The summed E-state index contributed by atoms with van der Waals surface area (Å²) in [6.45, 7) is 1.46. The minimum atomic E-state index is -4.41. The third-order valence-corrected chi connectivity index (χ3v) is 4.42. The second-order valence-electron chi connectivity index (χ2n) is 5.74. The van der Waals surface area contributed by atoms with E-state index in [4.69, 9.17) is 16.4 Å². The average Bonchev–Trinajstić information content (AvgIpc) is 2.87. The van der Waals surface area contributed by atoms with Gasteiger partial charge in [0.15, 0.2) is 0 Å². The number of aromatic amines is 1. The Kier molecular flexibility index (Phi) is 4.47. The largest absolute Gasteiger partial charge is 0.419 e. The second kappa shape index (κ2) is 6.22. The van der Waals surface area contributed by atoms with Crippen LogP contribution in [-0.2, 0) is 11.0 Å². The van der Waals surface area contributed by atoms with Gasteiger partial charge in [-0.25, -0.2) is 4.98 Å². The number of halogens is 4. The summed E-state index contributed by atoms with van der Waals surface area (Å²) in [7, 11) is 0. The first-order valence-electron chi connectivity index (χ1n) is 7.39. The Morgan fingerprint density at radius 1 is 1.41 bits per heavy atom. The lowest BCUT2D eigenvalue weighted by Crippen LogP contribution is -2.33. The zero-order valence-electron chi connectivity index (χ0n) is 11.9. The first kappa shape index (κ1) is 15.8. The summed E-state index contributed by atoms with van der Waals surface area (Å²) in [6.07, 6.45) is 0.978. The van der Waals surface area contributed by atoms with E-state index in [-0.39, 0.29) is 11.1 Å². The van der Waals surface area contributed by atoms with Crippen molar-refractivity contribution < 1.29 is 23.0 Å². The summed E-state index contributed by atoms with van der Waals surface area (Å²) in [5, 5.41) is 5.09. The Bertz CT molecular complexity index is 527. The molecule has 0 aliphatic carbocycles. The summed E-state index contributed by atoms with van der Waals surface area (Å²) >= 11 is 5.90. The van der Waals surface area contributed by atoms with Crippen molar-refractivity contribution in [1.82, 2.24) is 5.06 Å². The zero-order chi connectivity index (χ0) is 15.7. The molecule has 2 fully saturated rings. The van der Waals surface area contributed by atoms with Gasteiger partial charge >= 0.3 is 6.18 Å². The monoisotopic (exact) mass is 336 g/mol. The molecule has 3 heterocycles. The number of alkyl halides is 3. The molecule has 3 rings (SSSR count). The quantitative estimate of drug-likeness (QED) is 0.921. The molecule has 0 saturated carbocycles. The van der Waals surface area contributed by atoms with Crippen LogP contribution >= 0.6 is 11.6 Å². The molecule has 0 radical (unpaired) electrons. The Morgan fingerprint density at radius 2 is 2.23 bits per heavy atom. The summed E-state index contributed by atoms with van der Waals surface area (Å²) in [5.41, 5.74) is -0.794. The van der Waals surface area contributed by atoms with Gasteiger partial charge in [0.05, 0.1) is 5.56 Å². The molecule has 122 valence electrons. The number of hydroxylamine groups is 2. The lowest BCUT2D eigenvalue weighted by Gasteiger charge is -2.26. The van der Waals surface area contributed by atoms with Gasteiger partial charge in [-0.2, -0.15) is 18.2 Å². The van der Waals surface area contributed by atoms with Gasteiger partial charge in [-0.1, -0.05) is 18.0 Å². The fraction of sp³-hybridized carbons (Fsp3) is 0.643. The minimum Gasteiger partial charge on any atom is -0.291 e. The highest BCUT2D eigenvalue weighted by Crippen LogP contribution is 2.32. The number of hydrogen-bond donors (Lipinski definition) is 1. The molecule has 1 aromatic heterocycles. The van der Waals surface area contributed by atoms with Crippen molar-refractivity contribution in [3.05, 3.63) is 22.8 Å². The maximum Gasteiger partial charge on any atom is 0.419 e. The highest BCUT2D eigenvalue weighted by Gasteiger charge is 2.36. The number of piperidine rings is 1. The highest BCUT2D eigenvalue weighted by atomic mass is 35.5. The van der Waals surface area contributed by atoms with E-state index < -0.39 is 11.7 Å². The third-order valence-electron chi connectivity index (χ3n) is 4.12. The maximum absolute atomic E-state index is 12.6. The van der Waals surface area contributed by atoms with Crippen molar-refractivity contribution in [2.75, 3.05) is 18.4 Å². The fourth-order valence-electron chi connectivity index (χ4n) is 2.99. The second-order valence-corrected chi connectivity index (χ2v) is 6.15. The smallest absolute Gasteiger partial charge is 0.291 e. The van der Waals surface area contributed by atoms with Crippen LogP contribution in [0, 0.1) is 0 Å². The van der Waals surface area contributed by atoms with Gasteiger partial charge in [-0.15, -0.1) is 0 Å². The van der Waals surface area contributed by atoms with Crippen LogP contribution in [0.15, 0.2) is 12.3 Å². The van der Waals surface area contributed by atoms with Crippen LogP contribution in [0.25, 0.3) is 0 Å². The summed E-state index contributed by atoms with van der Waals surface area (Å²) in [5.74, 6) is 0.378. The van der Waals surface area contributed by atoms with E-state index in [2.05, 4.69) is 10.3 Å². The summed E-state index contributed by atoms with van der Waals surface area (Å²) in [6, 6.07) is 1.38. The Labute approximate surface area is 131 Å². The Morgan fingerprint density at radius 3 is 2.91 bits per heavy atom. The van der Waals surface area contributed by atoms with Gasteiger partial charge in [0.1, 0.15) is 23.9 Å². The van der Waals surface area contributed by atoms with Crippen molar-refractivity contribution in [2.24, 2.45) is 0 Å². The van der Waals surface area contributed by atoms with Crippen LogP contribution in [-0.4, -0.2) is 30.3 Å². The molecule has 8 heteroatoms. The molecule has 2 saturated heterocycles. The number of fused-ring (bicyclic) bond motifs is 1. The molecule has 0 bridgehead atoms. The van der Waals surface area contributed by atoms with E-state index in [1.54, 1.807) is 0 Å². The lowest BCUT2D eigenvalue weighted by molar-refractivity contribution is -0.364. The van der Waals surface area contributed by atoms with E-state index in [1.807, 2.05) is 5.06 Å². The Hall–Kier alpha value is -1.05. The molecule has 2 aliphatic heterocycles. The van der Waals surface area contributed by atoms with Crippen LogP contribution in [0.3, 0.4) is 0 Å². The molecular weight excluding hydrogens is 319 g/mol. The molecule has 0 aromatic carbocycles. The first-order chi connectivity index (χ1) is 10.4. The third kappa shape index (κ3) is 3.47.